The second-order valence-corrected chi connectivity index (χ2v) is 7.11. The van der Waals surface area contributed by atoms with Crippen LogP contribution in [0.4, 0.5) is 4.39 Å². The Labute approximate surface area is 156 Å². The van der Waals surface area contributed by atoms with E-state index in [1.165, 1.54) is 6.07 Å². The van der Waals surface area contributed by atoms with Gasteiger partial charge in [0.05, 0.1) is 13.2 Å². The Bertz CT molecular complexity index is 689. The molecule has 0 bridgehead atoms. The normalized spacial score (nSPS) is 15.3. The summed E-state index contributed by atoms with van der Waals surface area (Å²) in [6.45, 7) is 4.97. The summed E-state index contributed by atoms with van der Waals surface area (Å²) in [5, 5.41) is 0. The predicted octanol–water partition coefficient (Wildman–Crippen LogP) is 4.43. The van der Waals surface area contributed by atoms with Crippen LogP contribution in [-0.4, -0.2) is 37.7 Å². The van der Waals surface area contributed by atoms with Crippen LogP contribution < -0.4 is 4.74 Å². The number of morpholine rings is 1. The molecule has 3 nitrogen and oxygen atoms in total. The van der Waals surface area contributed by atoms with Crippen LogP contribution in [0.25, 0.3) is 0 Å². The van der Waals surface area contributed by atoms with E-state index in [0.29, 0.717) is 5.56 Å². The van der Waals surface area contributed by atoms with Crippen LogP contribution in [0.15, 0.2) is 46.9 Å². The van der Waals surface area contributed by atoms with Crippen molar-refractivity contribution in [3.8, 4) is 5.75 Å². The summed E-state index contributed by atoms with van der Waals surface area (Å²) in [6, 6.07) is 12.7. The summed E-state index contributed by atoms with van der Waals surface area (Å²) in [7, 11) is 0. The number of nitrogens with zero attached hydrogens (tertiary/aromatic N) is 1. The van der Waals surface area contributed by atoms with Crippen molar-refractivity contribution in [3.63, 3.8) is 0 Å². The highest BCUT2D eigenvalue weighted by Gasteiger charge is 2.11. The Morgan fingerprint density at radius 1 is 1.08 bits per heavy atom. The van der Waals surface area contributed by atoms with E-state index in [1.54, 1.807) is 12.1 Å². The molecule has 0 N–H and O–H groups in total. The van der Waals surface area contributed by atoms with Gasteiger partial charge >= 0.3 is 0 Å². The van der Waals surface area contributed by atoms with Gasteiger partial charge in [0.15, 0.2) is 0 Å². The largest absolute Gasteiger partial charge is 0.489 e. The number of aryl methyl sites for hydroxylation is 1. The third kappa shape index (κ3) is 5.53. The van der Waals surface area contributed by atoms with Crippen molar-refractivity contribution in [2.45, 2.75) is 19.4 Å². The standard InChI is InChI=1S/C20H23BrFNO2/c21-18-7-8-20(25-15-17-4-1-2-6-19(17)22)16(14-18)5-3-9-23-10-12-24-13-11-23/h1-2,4,6-8,14H,3,5,9-13,15H2. The monoisotopic (exact) mass is 407 g/mol. The summed E-state index contributed by atoms with van der Waals surface area (Å²) in [5.41, 5.74) is 1.73. The van der Waals surface area contributed by atoms with Gasteiger partial charge in [0.2, 0.25) is 0 Å². The van der Waals surface area contributed by atoms with Crippen LogP contribution >= 0.6 is 15.9 Å². The van der Waals surface area contributed by atoms with E-state index in [2.05, 4.69) is 26.9 Å². The number of ether oxygens (including phenoxy) is 2. The summed E-state index contributed by atoms with van der Waals surface area (Å²) >= 11 is 3.53. The first kappa shape index (κ1) is 18.4. The minimum atomic E-state index is -0.228. The lowest BCUT2D eigenvalue weighted by Crippen LogP contribution is -2.36. The molecule has 5 heteroatoms. The summed E-state index contributed by atoms with van der Waals surface area (Å²) in [5.74, 6) is 0.599. The van der Waals surface area contributed by atoms with Crippen LogP contribution in [0.2, 0.25) is 0 Å². The fourth-order valence-electron chi connectivity index (χ4n) is 2.97. The molecule has 0 radical (unpaired) electrons. The SMILES string of the molecule is Fc1ccccc1COc1ccc(Br)cc1CCCN1CCOCC1. The van der Waals surface area contributed by atoms with Gasteiger partial charge in [0, 0.05) is 23.1 Å². The quantitative estimate of drug-likeness (QED) is 0.677. The van der Waals surface area contributed by atoms with Crippen molar-refractivity contribution >= 4 is 15.9 Å². The Balaban J connectivity index is 1.58. The number of benzene rings is 2. The second-order valence-electron chi connectivity index (χ2n) is 6.19. The van der Waals surface area contributed by atoms with Crippen LogP contribution in [0.1, 0.15) is 17.5 Å². The van der Waals surface area contributed by atoms with Gasteiger partial charge in [-0.05, 0) is 49.2 Å². The number of rotatable bonds is 7. The minimum Gasteiger partial charge on any atom is -0.489 e. The van der Waals surface area contributed by atoms with E-state index in [0.717, 1.165) is 61.5 Å². The molecule has 1 aliphatic heterocycles. The highest BCUT2D eigenvalue weighted by Crippen LogP contribution is 2.26. The van der Waals surface area contributed by atoms with E-state index < -0.39 is 0 Å². The average molecular weight is 408 g/mol. The van der Waals surface area contributed by atoms with Gasteiger partial charge in [-0.15, -0.1) is 0 Å². The highest BCUT2D eigenvalue weighted by molar-refractivity contribution is 9.10. The smallest absolute Gasteiger partial charge is 0.129 e. The van der Waals surface area contributed by atoms with E-state index in [9.17, 15) is 4.39 Å². The van der Waals surface area contributed by atoms with Gasteiger partial charge in [-0.3, -0.25) is 4.90 Å². The van der Waals surface area contributed by atoms with Crippen molar-refractivity contribution in [2.75, 3.05) is 32.8 Å². The maximum Gasteiger partial charge on any atom is 0.129 e. The Hall–Kier alpha value is -1.43. The predicted molar refractivity (Wildman–Crippen MR) is 100 cm³/mol. The average Bonchev–Trinajstić information content (AvgIpc) is 2.63. The first-order valence-corrected chi connectivity index (χ1v) is 9.46. The molecule has 25 heavy (non-hydrogen) atoms. The first-order chi connectivity index (χ1) is 12.2. The molecular formula is C20H23BrFNO2. The lowest BCUT2D eigenvalue weighted by molar-refractivity contribution is 0.0374. The van der Waals surface area contributed by atoms with Gasteiger partial charge < -0.3 is 9.47 Å². The Morgan fingerprint density at radius 2 is 1.88 bits per heavy atom. The first-order valence-electron chi connectivity index (χ1n) is 8.67. The molecule has 0 saturated carbocycles. The fourth-order valence-corrected chi connectivity index (χ4v) is 3.38. The number of halogens is 2. The van der Waals surface area contributed by atoms with Crippen molar-refractivity contribution in [1.82, 2.24) is 4.90 Å². The molecule has 134 valence electrons. The molecule has 2 aromatic rings. The molecule has 1 heterocycles. The molecule has 0 unspecified atom stereocenters. The van der Waals surface area contributed by atoms with Gasteiger partial charge in [0.25, 0.3) is 0 Å². The molecule has 2 aromatic carbocycles. The molecule has 1 aliphatic rings. The molecular weight excluding hydrogens is 385 g/mol. The van der Waals surface area contributed by atoms with Crippen LogP contribution in [0.5, 0.6) is 5.75 Å². The summed E-state index contributed by atoms with van der Waals surface area (Å²) in [4.78, 5) is 2.43. The van der Waals surface area contributed by atoms with Crippen LogP contribution in [-0.2, 0) is 17.8 Å². The lowest BCUT2D eigenvalue weighted by atomic mass is 10.1. The van der Waals surface area contributed by atoms with E-state index in [4.69, 9.17) is 9.47 Å². The zero-order valence-corrected chi connectivity index (χ0v) is 15.8. The Kier molecular flexibility index (Phi) is 6.84. The molecule has 0 aliphatic carbocycles. The van der Waals surface area contributed by atoms with Crippen molar-refractivity contribution < 1.29 is 13.9 Å². The van der Waals surface area contributed by atoms with Gasteiger partial charge in [-0.1, -0.05) is 34.1 Å². The summed E-state index contributed by atoms with van der Waals surface area (Å²) in [6.07, 6.45) is 2.00. The molecule has 0 spiro atoms. The zero-order valence-electron chi connectivity index (χ0n) is 14.2. The van der Waals surface area contributed by atoms with Crippen LogP contribution in [0.3, 0.4) is 0 Å². The third-order valence-corrected chi connectivity index (χ3v) is 4.88. The van der Waals surface area contributed by atoms with Crippen molar-refractivity contribution in [1.29, 1.82) is 0 Å². The topological polar surface area (TPSA) is 21.7 Å². The zero-order chi connectivity index (χ0) is 17.5. The minimum absolute atomic E-state index is 0.228. The van der Waals surface area contributed by atoms with E-state index in [1.807, 2.05) is 18.2 Å². The molecule has 0 amide bonds. The fraction of sp³-hybridized carbons (Fsp3) is 0.400. The molecule has 1 fully saturated rings. The van der Waals surface area contributed by atoms with Gasteiger partial charge in [-0.2, -0.15) is 0 Å². The van der Waals surface area contributed by atoms with E-state index >= 15 is 0 Å². The molecule has 1 saturated heterocycles. The number of hydrogen-bond acceptors (Lipinski definition) is 3. The Morgan fingerprint density at radius 3 is 2.68 bits per heavy atom. The van der Waals surface area contributed by atoms with Gasteiger partial charge in [-0.25, -0.2) is 4.39 Å². The maximum absolute atomic E-state index is 13.8. The second kappa shape index (κ2) is 9.32. The van der Waals surface area contributed by atoms with E-state index in [-0.39, 0.29) is 12.4 Å². The van der Waals surface area contributed by atoms with Crippen LogP contribution in [0, 0.1) is 5.82 Å². The maximum atomic E-state index is 13.8. The molecule has 0 aromatic heterocycles. The van der Waals surface area contributed by atoms with Gasteiger partial charge in [0.1, 0.15) is 18.2 Å². The number of hydrogen-bond donors (Lipinski definition) is 0. The highest BCUT2D eigenvalue weighted by atomic mass is 79.9. The lowest BCUT2D eigenvalue weighted by Gasteiger charge is -2.26. The third-order valence-electron chi connectivity index (χ3n) is 4.39. The van der Waals surface area contributed by atoms with Crippen molar-refractivity contribution in [3.05, 3.63) is 63.9 Å². The molecule has 3 rings (SSSR count). The molecule has 0 atom stereocenters. The van der Waals surface area contributed by atoms with Crippen molar-refractivity contribution in [2.24, 2.45) is 0 Å². The summed E-state index contributed by atoms with van der Waals surface area (Å²) < 4.78 is 26.1.